The molecule has 1 aliphatic rings. The van der Waals surface area contributed by atoms with Crippen molar-refractivity contribution < 1.29 is 9.59 Å². The predicted molar refractivity (Wildman–Crippen MR) is 92.3 cm³/mol. The molecule has 0 aliphatic carbocycles. The van der Waals surface area contributed by atoms with Crippen LogP contribution in [0.15, 0.2) is 30.3 Å². The Morgan fingerprint density at radius 1 is 1.22 bits per heavy atom. The van der Waals surface area contributed by atoms with Crippen molar-refractivity contribution in [2.24, 2.45) is 5.92 Å². The zero-order valence-electron chi connectivity index (χ0n) is 14.0. The second-order valence-corrected chi connectivity index (χ2v) is 6.26. The molecule has 23 heavy (non-hydrogen) atoms. The number of benzene rings is 1. The minimum Gasteiger partial charge on any atom is -0.353 e. The predicted octanol–water partition coefficient (Wildman–Crippen LogP) is 3.24. The lowest BCUT2D eigenvalue weighted by molar-refractivity contribution is -0.125. The highest BCUT2D eigenvalue weighted by Crippen LogP contribution is 2.14. The minimum atomic E-state index is -0.0691. The highest BCUT2D eigenvalue weighted by atomic mass is 16.2. The van der Waals surface area contributed by atoms with Gasteiger partial charge in [-0.25, -0.2) is 4.79 Å². The Kier molecular flexibility index (Phi) is 6.44. The molecule has 126 valence electrons. The smallest absolute Gasteiger partial charge is 0.321 e. The van der Waals surface area contributed by atoms with E-state index in [9.17, 15) is 9.59 Å². The van der Waals surface area contributed by atoms with Crippen LogP contribution in [0.5, 0.6) is 0 Å². The lowest BCUT2D eigenvalue weighted by Gasteiger charge is -2.33. The molecule has 3 amide bonds. The number of rotatable bonds is 5. The van der Waals surface area contributed by atoms with Crippen molar-refractivity contribution >= 4 is 17.6 Å². The first-order chi connectivity index (χ1) is 11.1. The summed E-state index contributed by atoms with van der Waals surface area (Å²) < 4.78 is 0. The maximum atomic E-state index is 12.2. The van der Waals surface area contributed by atoms with Gasteiger partial charge >= 0.3 is 6.03 Å². The van der Waals surface area contributed by atoms with Gasteiger partial charge in [-0.1, -0.05) is 38.5 Å². The SMILES string of the molecule is CCCC(C)C(=O)NC1CCN(C(=O)Nc2ccccc2)CC1. The number of hydrogen-bond donors (Lipinski definition) is 2. The number of hydrogen-bond acceptors (Lipinski definition) is 2. The molecule has 5 heteroatoms. The number of anilines is 1. The van der Waals surface area contributed by atoms with Gasteiger partial charge in [-0.2, -0.15) is 0 Å². The molecule has 1 aromatic rings. The number of piperidine rings is 1. The number of carbonyl (C=O) groups is 2. The van der Waals surface area contributed by atoms with Gasteiger partial charge < -0.3 is 15.5 Å². The van der Waals surface area contributed by atoms with Crippen molar-refractivity contribution in [2.75, 3.05) is 18.4 Å². The molecule has 5 nitrogen and oxygen atoms in total. The van der Waals surface area contributed by atoms with Crippen molar-refractivity contribution in [2.45, 2.75) is 45.6 Å². The van der Waals surface area contributed by atoms with E-state index in [0.717, 1.165) is 31.4 Å². The van der Waals surface area contributed by atoms with Crippen LogP contribution in [0, 0.1) is 5.92 Å². The molecule has 0 aromatic heterocycles. The van der Waals surface area contributed by atoms with Gasteiger partial charge in [0, 0.05) is 30.7 Å². The van der Waals surface area contributed by atoms with E-state index in [2.05, 4.69) is 17.6 Å². The maximum Gasteiger partial charge on any atom is 0.321 e. The molecule has 0 spiro atoms. The minimum absolute atomic E-state index is 0.0689. The van der Waals surface area contributed by atoms with Gasteiger partial charge in [0.1, 0.15) is 0 Å². The third-order valence-electron chi connectivity index (χ3n) is 4.32. The lowest BCUT2D eigenvalue weighted by atomic mass is 10.0. The van der Waals surface area contributed by atoms with E-state index >= 15 is 0 Å². The van der Waals surface area contributed by atoms with Gasteiger partial charge in [-0.3, -0.25) is 4.79 Å². The fourth-order valence-corrected chi connectivity index (χ4v) is 2.86. The zero-order chi connectivity index (χ0) is 16.7. The summed E-state index contributed by atoms with van der Waals surface area (Å²) in [6.07, 6.45) is 3.57. The molecule has 1 heterocycles. The van der Waals surface area contributed by atoms with Crippen LogP contribution < -0.4 is 10.6 Å². The molecular weight excluding hydrogens is 290 g/mol. The molecule has 1 aliphatic heterocycles. The Balaban J connectivity index is 1.75. The molecular formula is C18H27N3O2. The van der Waals surface area contributed by atoms with E-state index < -0.39 is 0 Å². The Morgan fingerprint density at radius 2 is 1.87 bits per heavy atom. The summed E-state index contributed by atoms with van der Waals surface area (Å²) in [5, 5.41) is 6.02. The molecule has 2 rings (SSSR count). The number of nitrogens with zero attached hydrogens (tertiary/aromatic N) is 1. The first-order valence-electron chi connectivity index (χ1n) is 8.51. The third kappa shape index (κ3) is 5.27. The summed E-state index contributed by atoms with van der Waals surface area (Å²) in [7, 11) is 0. The standard InChI is InChI=1S/C18H27N3O2/c1-3-7-14(2)17(22)19-16-10-12-21(13-11-16)18(23)20-15-8-5-4-6-9-15/h4-6,8-9,14,16H,3,7,10-13H2,1-2H3,(H,19,22)(H,20,23). The van der Waals surface area contributed by atoms with Gasteiger partial charge in [0.2, 0.25) is 5.91 Å². The monoisotopic (exact) mass is 317 g/mol. The number of para-hydroxylation sites is 1. The molecule has 0 radical (unpaired) electrons. The summed E-state index contributed by atoms with van der Waals surface area (Å²) >= 11 is 0. The van der Waals surface area contributed by atoms with Crippen LogP contribution in [-0.4, -0.2) is 36.0 Å². The number of amides is 3. The summed E-state index contributed by atoms with van der Waals surface area (Å²) in [6, 6.07) is 9.58. The van der Waals surface area contributed by atoms with Crippen LogP contribution in [0.4, 0.5) is 10.5 Å². The van der Waals surface area contributed by atoms with Crippen LogP contribution in [0.3, 0.4) is 0 Å². The molecule has 1 atom stereocenters. The topological polar surface area (TPSA) is 61.4 Å². The summed E-state index contributed by atoms with van der Waals surface area (Å²) in [4.78, 5) is 26.1. The number of likely N-dealkylation sites (tertiary alicyclic amines) is 1. The molecule has 0 saturated carbocycles. The van der Waals surface area contributed by atoms with Gasteiger partial charge in [-0.05, 0) is 31.4 Å². The van der Waals surface area contributed by atoms with Gasteiger partial charge in [0.25, 0.3) is 0 Å². The third-order valence-corrected chi connectivity index (χ3v) is 4.32. The summed E-state index contributed by atoms with van der Waals surface area (Å²) in [6.45, 7) is 5.41. The van der Waals surface area contributed by atoms with E-state index in [1.165, 1.54) is 0 Å². The molecule has 1 saturated heterocycles. The average molecular weight is 317 g/mol. The van der Waals surface area contributed by atoms with Crippen LogP contribution in [-0.2, 0) is 4.79 Å². The lowest BCUT2D eigenvalue weighted by Crippen LogP contribution is -2.48. The van der Waals surface area contributed by atoms with Crippen LogP contribution >= 0.6 is 0 Å². The molecule has 2 N–H and O–H groups in total. The van der Waals surface area contributed by atoms with E-state index in [4.69, 9.17) is 0 Å². The molecule has 1 unspecified atom stereocenters. The van der Waals surface area contributed by atoms with E-state index in [-0.39, 0.29) is 23.9 Å². The highest BCUT2D eigenvalue weighted by Gasteiger charge is 2.25. The summed E-state index contributed by atoms with van der Waals surface area (Å²) in [5.74, 6) is 0.207. The van der Waals surface area contributed by atoms with Gasteiger partial charge in [0.15, 0.2) is 0 Å². The Hall–Kier alpha value is -2.04. The second kappa shape index (κ2) is 8.56. The van der Waals surface area contributed by atoms with E-state index in [1.807, 2.05) is 42.2 Å². The first-order valence-corrected chi connectivity index (χ1v) is 8.51. The summed E-state index contributed by atoms with van der Waals surface area (Å²) in [5.41, 5.74) is 0.807. The Labute approximate surface area is 138 Å². The van der Waals surface area contributed by atoms with Crippen LogP contribution in [0.1, 0.15) is 39.5 Å². The largest absolute Gasteiger partial charge is 0.353 e. The first kappa shape index (κ1) is 17.3. The van der Waals surface area contributed by atoms with Crippen molar-refractivity contribution in [1.82, 2.24) is 10.2 Å². The van der Waals surface area contributed by atoms with E-state index in [0.29, 0.717) is 13.1 Å². The zero-order valence-corrected chi connectivity index (χ0v) is 14.0. The molecule has 1 aromatic carbocycles. The fraction of sp³-hybridized carbons (Fsp3) is 0.556. The van der Waals surface area contributed by atoms with Gasteiger partial charge in [-0.15, -0.1) is 0 Å². The van der Waals surface area contributed by atoms with Crippen molar-refractivity contribution in [3.05, 3.63) is 30.3 Å². The van der Waals surface area contributed by atoms with Crippen molar-refractivity contribution in [1.29, 1.82) is 0 Å². The van der Waals surface area contributed by atoms with Gasteiger partial charge in [0.05, 0.1) is 0 Å². The van der Waals surface area contributed by atoms with E-state index in [1.54, 1.807) is 0 Å². The number of urea groups is 1. The van der Waals surface area contributed by atoms with Crippen LogP contribution in [0.25, 0.3) is 0 Å². The normalized spacial score (nSPS) is 16.7. The number of carbonyl (C=O) groups excluding carboxylic acids is 2. The van der Waals surface area contributed by atoms with Crippen molar-refractivity contribution in [3.8, 4) is 0 Å². The maximum absolute atomic E-state index is 12.2. The Bertz CT molecular complexity index is 510. The second-order valence-electron chi connectivity index (χ2n) is 6.26. The highest BCUT2D eigenvalue weighted by molar-refractivity contribution is 5.89. The van der Waals surface area contributed by atoms with Crippen molar-refractivity contribution in [3.63, 3.8) is 0 Å². The molecule has 0 bridgehead atoms. The Morgan fingerprint density at radius 3 is 2.48 bits per heavy atom. The van der Waals surface area contributed by atoms with Crippen LogP contribution in [0.2, 0.25) is 0 Å². The quantitative estimate of drug-likeness (QED) is 0.876. The molecule has 1 fully saturated rings. The fourth-order valence-electron chi connectivity index (χ4n) is 2.86. The number of nitrogens with one attached hydrogen (secondary N) is 2. The average Bonchev–Trinajstić information content (AvgIpc) is 2.56.